The first-order chi connectivity index (χ1) is 8.59. The first-order valence-electron chi connectivity index (χ1n) is 6.04. The molecule has 1 saturated heterocycles. The highest BCUT2D eigenvalue weighted by atomic mass is 35.5. The van der Waals surface area contributed by atoms with Crippen LogP contribution in [0, 0.1) is 5.92 Å². The van der Waals surface area contributed by atoms with E-state index in [-0.39, 0.29) is 22.3 Å². The fourth-order valence-corrected chi connectivity index (χ4v) is 3.66. The summed E-state index contributed by atoms with van der Waals surface area (Å²) in [5.41, 5.74) is 0. The van der Waals surface area contributed by atoms with Crippen LogP contribution in [0.1, 0.15) is 12.8 Å². The molecule has 7 heteroatoms. The Balaban J connectivity index is 0.00000180. The molecule has 1 aromatic carbocycles. The van der Waals surface area contributed by atoms with Crippen molar-refractivity contribution in [3.8, 4) is 0 Å². The Hall–Kier alpha value is -0.330. The van der Waals surface area contributed by atoms with Gasteiger partial charge in [-0.25, -0.2) is 13.1 Å². The summed E-state index contributed by atoms with van der Waals surface area (Å²) >= 11 is 5.89. The van der Waals surface area contributed by atoms with Gasteiger partial charge in [0.1, 0.15) is 4.90 Å². The molecule has 1 aromatic rings. The van der Waals surface area contributed by atoms with Crippen molar-refractivity contribution < 1.29 is 8.42 Å². The molecule has 1 aliphatic rings. The average Bonchev–Trinajstić information content (AvgIpc) is 2.82. The van der Waals surface area contributed by atoms with E-state index in [1.54, 1.807) is 18.2 Å². The van der Waals surface area contributed by atoms with Crippen molar-refractivity contribution >= 4 is 34.0 Å². The van der Waals surface area contributed by atoms with Gasteiger partial charge < -0.3 is 5.32 Å². The summed E-state index contributed by atoms with van der Waals surface area (Å²) in [5, 5.41) is 3.52. The maximum absolute atomic E-state index is 12.0. The Morgan fingerprint density at radius 3 is 2.74 bits per heavy atom. The molecule has 2 rings (SSSR count). The molecule has 1 fully saturated rings. The van der Waals surface area contributed by atoms with Crippen molar-refractivity contribution in [1.29, 1.82) is 0 Å². The van der Waals surface area contributed by atoms with E-state index in [2.05, 4.69) is 10.0 Å². The van der Waals surface area contributed by atoms with E-state index in [0.717, 1.165) is 25.9 Å². The van der Waals surface area contributed by atoms with Crippen molar-refractivity contribution in [3.63, 3.8) is 0 Å². The normalized spacial score (nSPS) is 19.1. The predicted molar refractivity (Wildman–Crippen MR) is 79.5 cm³/mol. The van der Waals surface area contributed by atoms with Crippen LogP contribution in [0.5, 0.6) is 0 Å². The van der Waals surface area contributed by atoms with E-state index < -0.39 is 10.0 Å². The summed E-state index contributed by atoms with van der Waals surface area (Å²) in [5.74, 6) is 0.568. The molecule has 1 atom stereocenters. The molecule has 0 bridgehead atoms. The molecular weight excluding hydrogens is 307 g/mol. The second kappa shape index (κ2) is 7.45. The van der Waals surface area contributed by atoms with E-state index in [9.17, 15) is 8.42 Å². The van der Waals surface area contributed by atoms with E-state index in [4.69, 9.17) is 11.6 Å². The van der Waals surface area contributed by atoms with Gasteiger partial charge in [0.2, 0.25) is 10.0 Å². The third-order valence-corrected chi connectivity index (χ3v) is 5.09. The van der Waals surface area contributed by atoms with Crippen LogP contribution in [-0.4, -0.2) is 28.1 Å². The smallest absolute Gasteiger partial charge is 0.242 e. The largest absolute Gasteiger partial charge is 0.316 e. The van der Waals surface area contributed by atoms with Crippen molar-refractivity contribution in [1.82, 2.24) is 10.0 Å². The van der Waals surface area contributed by atoms with Gasteiger partial charge in [-0.05, 0) is 44.0 Å². The van der Waals surface area contributed by atoms with Gasteiger partial charge in [0.05, 0.1) is 5.02 Å². The molecule has 0 saturated carbocycles. The minimum absolute atomic E-state index is 0. The number of hydrogen-bond acceptors (Lipinski definition) is 3. The summed E-state index contributed by atoms with van der Waals surface area (Å²) in [6.07, 6.45) is 1.98. The molecule has 4 nitrogen and oxygen atoms in total. The summed E-state index contributed by atoms with van der Waals surface area (Å²) < 4.78 is 26.6. The van der Waals surface area contributed by atoms with Gasteiger partial charge in [0.15, 0.2) is 0 Å². The summed E-state index contributed by atoms with van der Waals surface area (Å²) in [6, 6.07) is 6.48. The van der Waals surface area contributed by atoms with Crippen LogP contribution in [0.15, 0.2) is 29.2 Å². The molecule has 2 N–H and O–H groups in total. The van der Waals surface area contributed by atoms with Crippen LogP contribution < -0.4 is 10.0 Å². The van der Waals surface area contributed by atoms with Gasteiger partial charge in [-0.3, -0.25) is 0 Å². The zero-order valence-electron chi connectivity index (χ0n) is 10.4. The Morgan fingerprint density at radius 2 is 2.11 bits per heavy atom. The lowest BCUT2D eigenvalue weighted by molar-refractivity contribution is 0.519. The third kappa shape index (κ3) is 4.61. The highest BCUT2D eigenvalue weighted by molar-refractivity contribution is 7.89. The number of hydrogen-bond donors (Lipinski definition) is 2. The third-order valence-electron chi connectivity index (χ3n) is 3.13. The Bertz CT molecular complexity index is 502. The lowest BCUT2D eigenvalue weighted by Gasteiger charge is -2.10. The quantitative estimate of drug-likeness (QED) is 0.871. The van der Waals surface area contributed by atoms with Crippen molar-refractivity contribution in [2.24, 2.45) is 5.92 Å². The Morgan fingerprint density at radius 1 is 1.37 bits per heavy atom. The Kier molecular flexibility index (Phi) is 6.56. The zero-order chi connectivity index (χ0) is 13.0. The van der Waals surface area contributed by atoms with Crippen LogP contribution >= 0.6 is 24.0 Å². The highest BCUT2D eigenvalue weighted by Crippen LogP contribution is 2.20. The number of halogens is 2. The van der Waals surface area contributed by atoms with Gasteiger partial charge in [-0.2, -0.15) is 0 Å². The molecule has 1 heterocycles. The number of sulfonamides is 1. The molecule has 19 heavy (non-hydrogen) atoms. The van der Waals surface area contributed by atoms with Gasteiger partial charge in [-0.15, -0.1) is 12.4 Å². The molecule has 1 unspecified atom stereocenters. The van der Waals surface area contributed by atoms with Crippen LogP contribution in [-0.2, 0) is 10.0 Å². The van der Waals surface area contributed by atoms with E-state index in [1.807, 2.05) is 0 Å². The van der Waals surface area contributed by atoms with Crippen molar-refractivity contribution in [3.05, 3.63) is 29.3 Å². The van der Waals surface area contributed by atoms with Gasteiger partial charge in [0.25, 0.3) is 0 Å². The van der Waals surface area contributed by atoms with Gasteiger partial charge in [0, 0.05) is 6.54 Å². The minimum Gasteiger partial charge on any atom is -0.316 e. The van der Waals surface area contributed by atoms with E-state index in [0.29, 0.717) is 12.5 Å². The molecule has 0 aliphatic carbocycles. The molecule has 108 valence electrons. The standard InChI is InChI=1S/C12H17ClN2O2S.ClH/c13-11-3-1-2-4-12(11)18(16,17)15-8-6-10-5-7-14-9-10;/h1-4,10,14-15H,5-9H2;1H. The second-order valence-corrected chi connectivity index (χ2v) is 6.62. The second-order valence-electron chi connectivity index (χ2n) is 4.48. The highest BCUT2D eigenvalue weighted by Gasteiger charge is 2.19. The van der Waals surface area contributed by atoms with Crippen LogP contribution in [0.2, 0.25) is 5.02 Å². The molecular formula is C12H18Cl2N2O2S. The van der Waals surface area contributed by atoms with Crippen LogP contribution in [0.4, 0.5) is 0 Å². The summed E-state index contributed by atoms with van der Waals surface area (Å²) in [7, 11) is -3.49. The fraction of sp³-hybridized carbons (Fsp3) is 0.500. The molecule has 0 aromatic heterocycles. The number of benzene rings is 1. The SMILES string of the molecule is Cl.O=S(=O)(NCCC1CCNC1)c1ccccc1Cl. The monoisotopic (exact) mass is 324 g/mol. The fourth-order valence-electron chi connectivity index (χ4n) is 2.10. The maximum atomic E-state index is 12.0. The van der Waals surface area contributed by atoms with Crippen molar-refractivity contribution in [2.75, 3.05) is 19.6 Å². The molecule has 0 amide bonds. The van der Waals surface area contributed by atoms with E-state index in [1.165, 1.54) is 6.07 Å². The summed E-state index contributed by atoms with van der Waals surface area (Å²) in [4.78, 5) is 0.149. The molecule has 0 radical (unpaired) electrons. The minimum atomic E-state index is -3.49. The van der Waals surface area contributed by atoms with Crippen molar-refractivity contribution in [2.45, 2.75) is 17.7 Å². The first kappa shape index (κ1) is 16.7. The number of rotatable bonds is 5. The van der Waals surface area contributed by atoms with Gasteiger partial charge >= 0.3 is 0 Å². The average molecular weight is 325 g/mol. The lowest BCUT2D eigenvalue weighted by Crippen LogP contribution is -2.26. The van der Waals surface area contributed by atoms with Crippen LogP contribution in [0.25, 0.3) is 0 Å². The molecule has 0 spiro atoms. The summed E-state index contributed by atoms with van der Waals surface area (Å²) in [6.45, 7) is 2.47. The lowest BCUT2D eigenvalue weighted by atomic mass is 10.1. The van der Waals surface area contributed by atoms with Crippen LogP contribution in [0.3, 0.4) is 0 Å². The predicted octanol–water partition coefficient (Wildman–Crippen LogP) is 2.04. The Labute approximate surface area is 125 Å². The van der Waals surface area contributed by atoms with Gasteiger partial charge in [-0.1, -0.05) is 23.7 Å². The number of nitrogens with one attached hydrogen (secondary N) is 2. The van der Waals surface area contributed by atoms with E-state index >= 15 is 0 Å². The first-order valence-corrected chi connectivity index (χ1v) is 7.90. The zero-order valence-corrected chi connectivity index (χ0v) is 12.8. The topological polar surface area (TPSA) is 58.2 Å². The maximum Gasteiger partial charge on any atom is 0.242 e. The molecule has 1 aliphatic heterocycles.